The average molecular weight is 1990 g/mol. The van der Waals surface area contributed by atoms with Crippen LogP contribution >= 0.6 is 0 Å². The van der Waals surface area contributed by atoms with E-state index in [4.69, 9.17) is 0 Å². The van der Waals surface area contributed by atoms with E-state index in [9.17, 15) is 0 Å². The maximum atomic E-state index is 3.48. The summed E-state index contributed by atoms with van der Waals surface area (Å²) in [6, 6.07) is 163. The first-order chi connectivity index (χ1) is 66.6. The predicted octanol–water partition coefficient (Wildman–Crippen LogP) is 35.6. The van der Waals surface area contributed by atoms with Gasteiger partial charge in [-0.05, 0) is 161 Å². The zero-order chi connectivity index (χ0) is 100. The smallest absolute Gasteiger partial charge is 0.181 e. The van der Waals surface area contributed by atoms with Crippen molar-refractivity contribution in [3.63, 3.8) is 0 Å². The van der Waals surface area contributed by atoms with E-state index in [1.54, 1.807) is 0 Å². The molecule has 16 aromatic carbocycles. The van der Waals surface area contributed by atoms with Gasteiger partial charge in [0, 0.05) is 111 Å². The molecule has 4 nitrogen and oxygen atoms in total. The van der Waals surface area contributed by atoms with Crippen molar-refractivity contribution < 1.29 is 65.4 Å². The Kier molecular flexibility index (Phi) is 71.6. The van der Waals surface area contributed by atoms with Gasteiger partial charge in [0.05, 0.1) is 0 Å². The molecule has 136 heavy (non-hydrogen) atoms. The Morgan fingerprint density at radius 2 is 0.301 bits per heavy atom. The topological polar surface area (TPSA) is 13.0 Å². The molecule has 8 heteroatoms. The summed E-state index contributed by atoms with van der Waals surface area (Å²) in [5.74, 6) is 0. The maximum absolute atomic E-state index is 3.48. The molecular weight excluding hydrogens is 1830 g/mol. The maximum Gasteiger partial charge on any atom is 0.181 e. The molecule has 0 bridgehead atoms. The summed E-state index contributed by atoms with van der Waals surface area (Å²) in [5.41, 5.74) is 18.1. The standard InChI is InChI=1S/C48H36N2Si.C48H32N2Si.16C2H6.2Y/c2*1-5-19-37(20-6-1)49(38-21-7-2-8-22-38)41-27-17-29-43(35-41)51(47-33-15-13-31-45(47)46-32-14-16-34-48(46)51)44-30-18-28-42(36-44)50(39-23-9-3-10-24-39)40-25-11-4-12-26-40;16*1-2;;/h1-36H;1-19,21,23,25,27-36H;16*1-2H3;;/q;-4;;;;;;;;;;;;;;;;;;. The normalized spacial score (nSPS) is 10.1. The molecule has 2 radical (unpaired) electrons. The molecule has 0 N–H and O–H groups in total. The number of fused-ring (bicyclic) bond motifs is 6. The van der Waals surface area contributed by atoms with Gasteiger partial charge in [0.2, 0.25) is 0 Å². The third kappa shape index (κ3) is 31.7. The summed E-state index contributed by atoms with van der Waals surface area (Å²) in [6.07, 6.45) is 0. The number of hydrogen-bond donors (Lipinski definition) is 0. The van der Waals surface area contributed by atoms with E-state index in [1.165, 1.54) is 63.7 Å². The summed E-state index contributed by atoms with van der Waals surface area (Å²) >= 11 is 0. The number of benzene rings is 16. The van der Waals surface area contributed by atoms with E-state index in [0.29, 0.717) is 0 Å². The van der Waals surface area contributed by atoms with Crippen LogP contribution in [0.1, 0.15) is 222 Å². The van der Waals surface area contributed by atoms with Crippen LogP contribution in [0.3, 0.4) is 0 Å². The van der Waals surface area contributed by atoms with Gasteiger partial charge in [-0.1, -0.05) is 463 Å². The Hall–Kier alpha value is -10.6. The van der Waals surface area contributed by atoms with Gasteiger partial charge < -0.3 is 19.6 Å². The predicted molar refractivity (Wildman–Crippen MR) is 614 cm³/mol. The number of para-hydroxylation sites is 8. The van der Waals surface area contributed by atoms with Crippen LogP contribution in [0.4, 0.5) is 68.2 Å². The van der Waals surface area contributed by atoms with Gasteiger partial charge in [0.1, 0.15) is 0 Å². The van der Waals surface area contributed by atoms with Crippen molar-refractivity contribution in [1.82, 2.24) is 0 Å². The van der Waals surface area contributed by atoms with Gasteiger partial charge in [0.25, 0.3) is 0 Å². The van der Waals surface area contributed by atoms with Crippen LogP contribution in [0.25, 0.3) is 22.3 Å². The van der Waals surface area contributed by atoms with Gasteiger partial charge in [-0.25, -0.2) is 0 Å². The Bertz CT molecular complexity index is 4720. The summed E-state index contributed by atoms with van der Waals surface area (Å²) in [7, 11) is -5.72. The van der Waals surface area contributed by atoms with Gasteiger partial charge in [-0.2, -0.15) is 97.1 Å². The van der Waals surface area contributed by atoms with Crippen LogP contribution in [0.2, 0.25) is 0 Å². The Labute approximate surface area is 883 Å². The monoisotopic (exact) mass is 1990 g/mol. The van der Waals surface area contributed by atoms with Crippen molar-refractivity contribution in [2.75, 3.05) is 19.6 Å². The van der Waals surface area contributed by atoms with Crippen molar-refractivity contribution in [2.45, 2.75) is 222 Å². The van der Waals surface area contributed by atoms with Crippen molar-refractivity contribution in [1.29, 1.82) is 0 Å². The second-order valence-corrected chi connectivity index (χ2v) is 33.0. The largest absolute Gasteiger partial charge is 0.359 e. The molecule has 0 aromatic heterocycles. The van der Waals surface area contributed by atoms with Gasteiger partial charge in [0.15, 0.2) is 16.1 Å². The van der Waals surface area contributed by atoms with Crippen molar-refractivity contribution >= 4 is 126 Å². The van der Waals surface area contributed by atoms with Crippen molar-refractivity contribution in [2.24, 2.45) is 0 Å². The van der Waals surface area contributed by atoms with E-state index in [2.05, 4.69) is 408 Å². The number of hydrogen-bond acceptors (Lipinski definition) is 4. The zero-order valence-electron chi connectivity index (χ0n) is 89.2. The Morgan fingerprint density at radius 1 is 0.147 bits per heavy atom. The Balaban J connectivity index is 0. The molecule has 0 aliphatic carbocycles. The van der Waals surface area contributed by atoms with Crippen LogP contribution in [0, 0.1) is 24.3 Å². The van der Waals surface area contributed by atoms with Crippen LogP contribution in [-0.4, -0.2) is 16.1 Å². The minimum atomic E-state index is -2.88. The van der Waals surface area contributed by atoms with Crippen LogP contribution in [-0.2, 0) is 65.4 Å². The van der Waals surface area contributed by atoms with E-state index >= 15 is 0 Å². The second kappa shape index (κ2) is 76.4. The molecule has 714 valence electrons. The molecule has 0 atom stereocenters. The van der Waals surface area contributed by atoms with Crippen molar-refractivity contribution in [3.05, 3.63) is 437 Å². The fourth-order valence-electron chi connectivity index (χ4n) is 15.7. The second-order valence-electron chi connectivity index (χ2n) is 25.6. The molecule has 2 heterocycles. The molecule has 0 unspecified atom stereocenters. The number of rotatable bonds is 16. The van der Waals surface area contributed by atoms with Crippen LogP contribution in [0.5, 0.6) is 0 Å². The first-order valence-corrected chi connectivity index (χ1v) is 54.7. The summed E-state index contributed by atoms with van der Waals surface area (Å²) in [5, 5.41) is 11.0. The molecule has 2 aliphatic heterocycles. The van der Waals surface area contributed by atoms with Gasteiger partial charge >= 0.3 is 0 Å². The van der Waals surface area contributed by atoms with Gasteiger partial charge in [-0.3, -0.25) is 0 Å². The molecule has 0 fully saturated rings. The van der Waals surface area contributed by atoms with Crippen molar-refractivity contribution in [3.8, 4) is 22.3 Å². The molecule has 2 aliphatic rings. The van der Waals surface area contributed by atoms with E-state index in [1.807, 2.05) is 270 Å². The summed E-state index contributed by atoms with van der Waals surface area (Å²) in [4.78, 5) is 9.27. The van der Waals surface area contributed by atoms with Crippen LogP contribution < -0.4 is 61.1 Å². The first kappa shape index (κ1) is 127. The fourth-order valence-corrected chi connectivity index (χ4v) is 26.1. The average Bonchev–Trinajstić information content (AvgIpc) is 1.54. The molecule has 0 saturated carbocycles. The summed E-state index contributed by atoms with van der Waals surface area (Å²) in [6.45, 7) is 64.0. The third-order valence-electron chi connectivity index (χ3n) is 19.8. The fraction of sp³-hybridized carbons (Fsp3) is 0.250. The molecule has 0 amide bonds. The zero-order valence-corrected chi connectivity index (χ0v) is 96.9. The number of nitrogens with zero attached hydrogens (tertiary/aromatic N) is 4. The first-order valence-electron chi connectivity index (χ1n) is 50.7. The molecule has 0 saturated heterocycles. The molecular formula is C128H164N4Si2Y2-4. The third-order valence-corrected chi connectivity index (χ3v) is 29.5. The quantitative estimate of drug-likeness (QED) is 0.0706. The van der Waals surface area contributed by atoms with E-state index < -0.39 is 16.1 Å². The van der Waals surface area contributed by atoms with Crippen LogP contribution in [0.15, 0.2) is 413 Å². The molecule has 16 aromatic rings. The minimum Gasteiger partial charge on any atom is -0.359 e. The molecule has 18 rings (SSSR count). The SMILES string of the molecule is CC.CC.CC.CC.CC.CC.CC.CC.CC.CC.CC.CC.CC.CC.CC.CC.[Y].[Y].[c-]1ccccc1N(c1[c-]cccc1)c1cccc([Si]2(c3cccc(N(c4[c-]cccc4)c4[c-]cccc4)c3)c3ccccc3-c3ccccc32)c1.c1ccc(N(c2ccccc2)c2cccc([Si]3(c4cccc(N(c5ccccc5)c5ccccc5)c4)c4ccccc4-c4ccccc43)c2)cc1. The summed E-state index contributed by atoms with van der Waals surface area (Å²) < 4.78 is 0. The van der Waals surface area contributed by atoms with E-state index in [-0.39, 0.29) is 65.4 Å². The number of anilines is 12. The van der Waals surface area contributed by atoms with E-state index in [0.717, 1.165) is 68.2 Å². The Morgan fingerprint density at radius 3 is 0.478 bits per heavy atom. The molecule has 0 spiro atoms. The minimum absolute atomic E-state index is 0. The van der Waals surface area contributed by atoms with Gasteiger partial charge in [-0.15, -0.1) is 24.3 Å².